The number of benzene rings is 2. The molecule has 0 saturated carbocycles. The lowest BCUT2D eigenvalue weighted by Crippen LogP contribution is -2.16. The number of allylic oxidation sites excluding steroid dienone is 1. The van der Waals surface area contributed by atoms with Gasteiger partial charge in [-0.1, -0.05) is 48.4 Å². The van der Waals surface area contributed by atoms with Gasteiger partial charge in [0.1, 0.15) is 6.10 Å². The van der Waals surface area contributed by atoms with E-state index in [4.69, 9.17) is 11.2 Å². The molecule has 1 aliphatic rings. The van der Waals surface area contributed by atoms with E-state index in [2.05, 4.69) is 48.4 Å². The Morgan fingerprint density at radius 1 is 1.05 bits per heavy atom. The van der Waals surface area contributed by atoms with Gasteiger partial charge >= 0.3 is 0 Å². The molecule has 0 aliphatic heterocycles. The van der Waals surface area contributed by atoms with E-state index < -0.39 is 0 Å². The van der Waals surface area contributed by atoms with Crippen molar-refractivity contribution in [3.05, 3.63) is 53.6 Å². The number of terminal acetylenes is 1. The highest BCUT2D eigenvalue weighted by Gasteiger charge is 2.21. The number of ether oxygens (including phenoxy) is 1. The lowest BCUT2D eigenvalue weighted by Gasteiger charge is -2.25. The van der Waals surface area contributed by atoms with Gasteiger partial charge in [0, 0.05) is 7.11 Å². The van der Waals surface area contributed by atoms with Crippen molar-refractivity contribution in [2.75, 3.05) is 7.11 Å². The maximum atomic E-state index is 5.66. The van der Waals surface area contributed by atoms with Crippen LogP contribution >= 0.6 is 0 Å². The Morgan fingerprint density at radius 3 is 2.62 bits per heavy atom. The van der Waals surface area contributed by atoms with Gasteiger partial charge in [-0.3, -0.25) is 0 Å². The van der Waals surface area contributed by atoms with Crippen molar-refractivity contribution < 1.29 is 4.74 Å². The summed E-state index contributed by atoms with van der Waals surface area (Å²) < 4.78 is 5.51. The van der Waals surface area contributed by atoms with Crippen molar-refractivity contribution >= 4 is 16.3 Å². The lowest BCUT2D eigenvalue weighted by molar-refractivity contribution is 0.172. The van der Waals surface area contributed by atoms with Crippen LogP contribution in [0.3, 0.4) is 0 Å². The number of rotatable bonds is 3. The molecule has 1 heteroatoms. The predicted molar refractivity (Wildman–Crippen MR) is 89.0 cm³/mol. The molecule has 0 aromatic heterocycles. The van der Waals surface area contributed by atoms with E-state index >= 15 is 0 Å². The van der Waals surface area contributed by atoms with E-state index in [0.29, 0.717) is 0 Å². The van der Waals surface area contributed by atoms with Crippen LogP contribution in [0.1, 0.15) is 31.2 Å². The van der Waals surface area contributed by atoms with Crippen LogP contribution in [-0.2, 0) is 4.74 Å². The first-order valence-electron chi connectivity index (χ1n) is 7.54. The Kier molecular flexibility index (Phi) is 4.08. The molecule has 1 nitrogen and oxygen atoms in total. The molecule has 106 valence electrons. The Hall–Kier alpha value is -2.04. The summed E-state index contributed by atoms with van der Waals surface area (Å²) in [5.74, 6) is 2.79. The minimum atomic E-state index is -0.195. The van der Waals surface area contributed by atoms with Crippen LogP contribution in [0.15, 0.2) is 48.0 Å². The van der Waals surface area contributed by atoms with Gasteiger partial charge in [-0.2, -0.15) is 0 Å². The van der Waals surface area contributed by atoms with Crippen molar-refractivity contribution in [3.8, 4) is 12.3 Å². The average molecular weight is 276 g/mol. The summed E-state index contributed by atoms with van der Waals surface area (Å²) in [6.07, 6.45) is 10.0. The van der Waals surface area contributed by atoms with E-state index in [-0.39, 0.29) is 6.10 Å². The first-order chi connectivity index (χ1) is 10.3. The van der Waals surface area contributed by atoms with Gasteiger partial charge in [0.15, 0.2) is 0 Å². The molecular formula is C20H20O. The molecule has 0 amide bonds. The van der Waals surface area contributed by atoms with Crippen molar-refractivity contribution in [2.24, 2.45) is 0 Å². The third kappa shape index (κ3) is 2.60. The topological polar surface area (TPSA) is 9.23 Å². The molecule has 0 spiro atoms. The van der Waals surface area contributed by atoms with Crippen LogP contribution in [0, 0.1) is 12.3 Å². The van der Waals surface area contributed by atoms with E-state index in [1.165, 1.54) is 40.3 Å². The summed E-state index contributed by atoms with van der Waals surface area (Å²) in [5.41, 5.74) is 4.01. The smallest absolute Gasteiger partial charge is 0.139 e. The number of methoxy groups -OCH3 is 1. The summed E-state index contributed by atoms with van der Waals surface area (Å²) in [6, 6.07) is 15.1. The first-order valence-corrected chi connectivity index (χ1v) is 7.54. The number of hydrogen-bond donors (Lipinski definition) is 0. The highest BCUT2D eigenvalue weighted by molar-refractivity contribution is 5.94. The van der Waals surface area contributed by atoms with Gasteiger partial charge in [-0.25, -0.2) is 0 Å². The van der Waals surface area contributed by atoms with Gasteiger partial charge in [0.05, 0.1) is 0 Å². The summed E-state index contributed by atoms with van der Waals surface area (Å²) in [7, 11) is 1.70. The van der Waals surface area contributed by atoms with Gasteiger partial charge < -0.3 is 4.74 Å². The van der Waals surface area contributed by atoms with Crippen molar-refractivity contribution in [1.82, 2.24) is 0 Å². The maximum absolute atomic E-state index is 5.66. The van der Waals surface area contributed by atoms with Gasteiger partial charge in [0.2, 0.25) is 0 Å². The molecule has 2 aromatic carbocycles. The summed E-state index contributed by atoms with van der Waals surface area (Å²) in [6.45, 7) is 0. The molecule has 0 radical (unpaired) electrons. The normalized spacial score (nSPS) is 16.8. The Morgan fingerprint density at radius 2 is 1.81 bits per heavy atom. The molecule has 0 saturated heterocycles. The Balaban J connectivity index is 2.21. The Bertz CT molecular complexity index is 713. The van der Waals surface area contributed by atoms with Crippen molar-refractivity contribution in [1.29, 1.82) is 0 Å². The molecule has 21 heavy (non-hydrogen) atoms. The molecule has 0 bridgehead atoms. The molecule has 3 rings (SSSR count). The van der Waals surface area contributed by atoms with Crippen LogP contribution in [0.5, 0.6) is 0 Å². The summed E-state index contributed by atoms with van der Waals surface area (Å²) in [4.78, 5) is 0. The second-order valence-corrected chi connectivity index (χ2v) is 5.52. The SMILES string of the molecule is C#CC(OC)C1=C(c2cccc3ccccc23)CCCC1. The van der Waals surface area contributed by atoms with Crippen LogP contribution in [0.4, 0.5) is 0 Å². The van der Waals surface area contributed by atoms with Crippen molar-refractivity contribution in [2.45, 2.75) is 31.8 Å². The van der Waals surface area contributed by atoms with E-state index in [1.807, 2.05) is 0 Å². The maximum Gasteiger partial charge on any atom is 0.139 e. The third-order valence-electron chi connectivity index (χ3n) is 4.33. The van der Waals surface area contributed by atoms with Crippen molar-refractivity contribution in [3.63, 3.8) is 0 Å². The molecule has 1 aliphatic carbocycles. The summed E-state index contributed by atoms with van der Waals surface area (Å²) in [5, 5.41) is 2.59. The highest BCUT2D eigenvalue weighted by Crippen LogP contribution is 2.37. The zero-order valence-corrected chi connectivity index (χ0v) is 12.4. The Labute approximate surface area is 126 Å². The molecular weight excluding hydrogens is 256 g/mol. The standard InChI is InChI=1S/C20H20O/c1-3-20(21-2)19-13-7-6-12-18(19)17-14-8-10-15-9-4-5-11-16(15)17/h1,4-5,8-11,14,20H,6-7,12-13H2,2H3. The molecule has 1 unspecified atom stereocenters. The van der Waals surface area contributed by atoms with Crippen LogP contribution in [0.25, 0.3) is 16.3 Å². The number of fused-ring (bicyclic) bond motifs is 1. The molecule has 0 fully saturated rings. The predicted octanol–water partition coefficient (Wildman–Crippen LogP) is 4.82. The largest absolute Gasteiger partial charge is 0.364 e. The third-order valence-corrected chi connectivity index (χ3v) is 4.33. The minimum absolute atomic E-state index is 0.195. The van der Waals surface area contributed by atoms with Crippen LogP contribution in [-0.4, -0.2) is 13.2 Å². The molecule has 1 atom stereocenters. The molecule has 0 N–H and O–H groups in total. The monoisotopic (exact) mass is 276 g/mol. The molecule has 2 aromatic rings. The van der Waals surface area contributed by atoms with E-state index in [1.54, 1.807) is 7.11 Å². The minimum Gasteiger partial charge on any atom is -0.364 e. The summed E-state index contributed by atoms with van der Waals surface area (Å²) >= 11 is 0. The fourth-order valence-corrected chi connectivity index (χ4v) is 3.33. The fraction of sp³-hybridized carbons (Fsp3) is 0.300. The lowest BCUT2D eigenvalue weighted by atomic mass is 9.83. The number of hydrogen-bond acceptors (Lipinski definition) is 1. The van der Waals surface area contributed by atoms with Gasteiger partial charge in [-0.15, -0.1) is 6.42 Å². The first kappa shape index (κ1) is 13.9. The second-order valence-electron chi connectivity index (χ2n) is 5.52. The average Bonchev–Trinajstić information content (AvgIpc) is 2.56. The zero-order chi connectivity index (χ0) is 14.7. The fourth-order valence-electron chi connectivity index (χ4n) is 3.33. The van der Waals surface area contributed by atoms with E-state index in [9.17, 15) is 0 Å². The van der Waals surface area contributed by atoms with Gasteiger partial charge in [0.25, 0.3) is 0 Å². The second kappa shape index (κ2) is 6.16. The van der Waals surface area contributed by atoms with Gasteiger partial charge in [-0.05, 0) is 53.2 Å². The van der Waals surface area contributed by atoms with Crippen LogP contribution < -0.4 is 0 Å². The zero-order valence-electron chi connectivity index (χ0n) is 12.4. The highest BCUT2D eigenvalue weighted by atomic mass is 16.5. The van der Waals surface area contributed by atoms with E-state index in [0.717, 1.165) is 12.8 Å². The molecule has 0 heterocycles. The quantitative estimate of drug-likeness (QED) is 0.731. The van der Waals surface area contributed by atoms with Crippen LogP contribution in [0.2, 0.25) is 0 Å².